The molecule has 0 nitrogen and oxygen atoms in total. The molecule has 0 aliphatic carbocycles. The Kier molecular flexibility index (Phi) is 4.47. The molecule has 0 N–H and O–H groups in total. The van der Waals surface area contributed by atoms with E-state index < -0.39 is 0 Å². The van der Waals surface area contributed by atoms with E-state index in [1.54, 1.807) is 0 Å². The van der Waals surface area contributed by atoms with Gasteiger partial charge in [-0.2, -0.15) is 0 Å². The maximum Gasteiger partial charge on any atom is -0.00199 e. The zero-order chi connectivity index (χ0) is 23.4. The lowest BCUT2D eigenvalue weighted by Gasteiger charge is -2.19. The zero-order valence-electron chi connectivity index (χ0n) is 19.6. The van der Waals surface area contributed by atoms with Gasteiger partial charge in [0.25, 0.3) is 0 Å². The summed E-state index contributed by atoms with van der Waals surface area (Å²) >= 11 is 0. The second-order valence-electron chi connectivity index (χ2n) is 9.40. The van der Waals surface area contributed by atoms with Crippen LogP contribution in [0, 0.1) is 6.92 Å². The maximum atomic E-state index is 2.39. The van der Waals surface area contributed by atoms with Gasteiger partial charge in [0.15, 0.2) is 0 Å². The fourth-order valence-electron chi connectivity index (χ4n) is 5.79. The van der Waals surface area contributed by atoms with Gasteiger partial charge in [-0.15, -0.1) is 0 Å². The van der Waals surface area contributed by atoms with Crippen molar-refractivity contribution in [3.8, 4) is 22.3 Å². The van der Waals surface area contributed by atoms with Crippen LogP contribution in [-0.2, 0) is 0 Å². The Morgan fingerprint density at radius 2 is 0.886 bits per heavy atom. The molecule has 0 radical (unpaired) electrons. The first kappa shape index (κ1) is 20.0. The van der Waals surface area contributed by atoms with Gasteiger partial charge in [-0.3, -0.25) is 0 Å². The minimum atomic E-state index is 1.27. The molecule has 0 bridgehead atoms. The van der Waals surface area contributed by atoms with Gasteiger partial charge in [0.05, 0.1) is 0 Å². The van der Waals surface area contributed by atoms with Crippen LogP contribution in [0.15, 0.2) is 127 Å². The number of rotatable bonds is 2. The summed E-state index contributed by atoms with van der Waals surface area (Å²) in [5, 5.41) is 10.4. The molecule has 0 saturated heterocycles. The summed E-state index contributed by atoms with van der Waals surface area (Å²) in [5.74, 6) is 0. The Morgan fingerprint density at radius 1 is 0.371 bits per heavy atom. The molecular formula is C35H24. The van der Waals surface area contributed by atoms with E-state index in [1.165, 1.54) is 70.9 Å². The molecule has 164 valence electrons. The fourth-order valence-corrected chi connectivity index (χ4v) is 5.79. The van der Waals surface area contributed by atoms with E-state index >= 15 is 0 Å². The van der Waals surface area contributed by atoms with Crippen LogP contribution in [0.4, 0.5) is 0 Å². The summed E-state index contributed by atoms with van der Waals surface area (Å²) in [7, 11) is 0. The summed E-state index contributed by atoms with van der Waals surface area (Å²) in [6, 6.07) is 46.7. The lowest BCUT2D eigenvalue weighted by Crippen LogP contribution is -1.92. The van der Waals surface area contributed by atoms with Crippen molar-refractivity contribution in [2.75, 3.05) is 0 Å². The van der Waals surface area contributed by atoms with Gasteiger partial charge >= 0.3 is 0 Å². The topological polar surface area (TPSA) is 0 Å². The summed E-state index contributed by atoms with van der Waals surface area (Å²) < 4.78 is 0. The van der Waals surface area contributed by atoms with Crippen molar-refractivity contribution in [2.24, 2.45) is 0 Å². The van der Waals surface area contributed by atoms with Gasteiger partial charge in [0.2, 0.25) is 0 Å². The average molecular weight is 445 g/mol. The van der Waals surface area contributed by atoms with E-state index in [0.717, 1.165) is 0 Å². The second kappa shape index (κ2) is 7.82. The van der Waals surface area contributed by atoms with Gasteiger partial charge in [0.1, 0.15) is 0 Å². The van der Waals surface area contributed by atoms with Gasteiger partial charge in [-0.05, 0) is 78.3 Å². The van der Waals surface area contributed by atoms with Crippen LogP contribution in [0.2, 0.25) is 0 Å². The monoisotopic (exact) mass is 444 g/mol. The zero-order valence-corrected chi connectivity index (χ0v) is 19.6. The first-order valence-electron chi connectivity index (χ1n) is 12.2. The van der Waals surface area contributed by atoms with E-state index in [2.05, 4.69) is 134 Å². The molecule has 0 unspecified atom stereocenters. The number of aryl methyl sites for hydroxylation is 1. The molecule has 35 heavy (non-hydrogen) atoms. The third-order valence-corrected chi connectivity index (χ3v) is 7.28. The van der Waals surface area contributed by atoms with Crippen LogP contribution in [0.3, 0.4) is 0 Å². The van der Waals surface area contributed by atoms with Crippen LogP contribution in [0.25, 0.3) is 65.3 Å². The lowest BCUT2D eigenvalue weighted by atomic mass is 9.83. The third kappa shape index (κ3) is 3.07. The molecule has 0 heteroatoms. The smallest absolute Gasteiger partial charge is 0.00199 e. The van der Waals surface area contributed by atoms with E-state index in [4.69, 9.17) is 0 Å². The maximum absolute atomic E-state index is 2.39. The Bertz CT molecular complexity index is 1850. The van der Waals surface area contributed by atoms with Crippen molar-refractivity contribution >= 4 is 43.1 Å². The quantitative estimate of drug-likeness (QED) is 0.184. The summed E-state index contributed by atoms with van der Waals surface area (Å²) in [6.45, 7) is 2.17. The highest BCUT2D eigenvalue weighted by Gasteiger charge is 2.18. The highest BCUT2D eigenvalue weighted by Crippen LogP contribution is 2.46. The number of hydrogen-bond acceptors (Lipinski definition) is 0. The molecule has 0 fully saturated rings. The Hall–Kier alpha value is -4.42. The molecule has 0 atom stereocenters. The number of benzene rings is 7. The Balaban J connectivity index is 1.71. The molecular weight excluding hydrogens is 420 g/mol. The molecule has 0 amide bonds. The molecule has 0 aliphatic heterocycles. The second-order valence-corrected chi connectivity index (χ2v) is 9.40. The van der Waals surface area contributed by atoms with Crippen molar-refractivity contribution in [2.45, 2.75) is 6.92 Å². The van der Waals surface area contributed by atoms with Crippen LogP contribution in [0.5, 0.6) is 0 Å². The predicted octanol–water partition coefficient (Wildman–Crippen LogP) is 9.94. The van der Waals surface area contributed by atoms with Gasteiger partial charge < -0.3 is 0 Å². The average Bonchev–Trinajstić information content (AvgIpc) is 2.91. The van der Waals surface area contributed by atoms with Crippen LogP contribution in [0.1, 0.15) is 5.56 Å². The van der Waals surface area contributed by atoms with E-state index in [0.29, 0.717) is 0 Å². The summed E-state index contributed by atoms with van der Waals surface area (Å²) in [4.78, 5) is 0. The summed E-state index contributed by atoms with van der Waals surface area (Å²) in [6.07, 6.45) is 0. The molecule has 7 aromatic carbocycles. The minimum Gasteiger partial charge on any atom is -0.0616 e. The van der Waals surface area contributed by atoms with Crippen molar-refractivity contribution in [3.05, 3.63) is 133 Å². The Labute approximate surface area is 205 Å². The van der Waals surface area contributed by atoms with Crippen molar-refractivity contribution in [3.63, 3.8) is 0 Å². The van der Waals surface area contributed by atoms with Crippen molar-refractivity contribution < 1.29 is 0 Å². The van der Waals surface area contributed by atoms with Crippen LogP contribution in [-0.4, -0.2) is 0 Å². The van der Waals surface area contributed by atoms with Crippen LogP contribution >= 0.6 is 0 Å². The molecule has 0 aromatic heterocycles. The number of hydrogen-bond donors (Lipinski definition) is 0. The summed E-state index contributed by atoms with van der Waals surface area (Å²) in [5.41, 5.74) is 6.47. The fraction of sp³-hybridized carbons (Fsp3) is 0.0286. The molecule has 0 heterocycles. The standard InChI is InChI=1S/C35H24/c1-23-11-10-13-25(21-23)34-29-17-6-8-19-31(29)35(32-20-9-7-18-30(32)34)33-22-24-12-2-3-14-26(24)27-15-4-5-16-28(27)33/h2-22H,1H3. The van der Waals surface area contributed by atoms with E-state index in [9.17, 15) is 0 Å². The van der Waals surface area contributed by atoms with Gasteiger partial charge in [-0.1, -0.05) is 127 Å². The molecule has 0 aliphatic rings. The lowest BCUT2D eigenvalue weighted by molar-refractivity contribution is 1.47. The van der Waals surface area contributed by atoms with Crippen molar-refractivity contribution in [1.29, 1.82) is 0 Å². The highest BCUT2D eigenvalue weighted by molar-refractivity contribution is 6.25. The third-order valence-electron chi connectivity index (χ3n) is 7.28. The first-order valence-corrected chi connectivity index (χ1v) is 12.2. The van der Waals surface area contributed by atoms with E-state index in [1.807, 2.05) is 0 Å². The normalized spacial score (nSPS) is 11.6. The SMILES string of the molecule is Cc1cccc(-c2c3ccccc3c(-c3cc4ccccc4c4ccccc34)c3ccccc23)c1. The molecule has 0 spiro atoms. The highest BCUT2D eigenvalue weighted by atomic mass is 14.2. The largest absolute Gasteiger partial charge is 0.0616 e. The minimum absolute atomic E-state index is 1.27. The Morgan fingerprint density at radius 3 is 1.51 bits per heavy atom. The number of fused-ring (bicyclic) bond motifs is 5. The molecule has 7 aromatic rings. The van der Waals surface area contributed by atoms with Crippen molar-refractivity contribution in [1.82, 2.24) is 0 Å². The molecule has 7 rings (SSSR count). The van der Waals surface area contributed by atoms with E-state index in [-0.39, 0.29) is 0 Å². The molecule has 0 saturated carbocycles. The predicted molar refractivity (Wildman–Crippen MR) is 152 cm³/mol. The first-order chi connectivity index (χ1) is 17.3. The van der Waals surface area contributed by atoms with Gasteiger partial charge in [0, 0.05) is 0 Å². The van der Waals surface area contributed by atoms with Crippen LogP contribution < -0.4 is 0 Å². The van der Waals surface area contributed by atoms with Gasteiger partial charge in [-0.25, -0.2) is 0 Å².